The van der Waals surface area contributed by atoms with Gasteiger partial charge in [-0.15, -0.1) is 5.10 Å². The molecule has 0 saturated carbocycles. The Hall–Kier alpha value is -4.56. The Kier molecular flexibility index (Phi) is 7.19. The average Bonchev–Trinajstić information content (AvgIpc) is 3.41. The van der Waals surface area contributed by atoms with E-state index in [0.717, 1.165) is 38.9 Å². The first-order valence-corrected chi connectivity index (χ1v) is 12.0. The van der Waals surface area contributed by atoms with Gasteiger partial charge in [0, 0.05) is 35.5 Å². The van der Waals surface area contributed by atoms with Crippen LogP contribution in [0.2, 0.25) is 0 Å². The highest BCUT2D eigenvalue weighted by molar-refractivity contribution is 5.96. The molecule has 0 spiro atoms. The van der Waals surface area contributed by atoms with Gasteiger partial charge in [0.25, 0.3) is 5.91 Å². The second-order valence-electron chi connectivity index (χ2n) is 8.71. The number of aliphatic hydroxyl groups is 1. The quantitative estimate of drug-likeness (QED) is 0.316. The summed E-state index contributed by atoms with van der Waals surface area (Å²) in [5, 5.41) is 23.5. The molecule has 186 valence electrons. The largest absolute Gasteiger partial charge is 0.497 e. The van der Waals surface area contributed by atoms with E-state index in [4.69, 9.17) is 4.74 Å². The number of carbonyl (C=O) groups is 1. The summed E-state index contributed by atoms with van der Waals surface area (Å²) in [4.78, 5) is 17.5. The summed E-state index contributed by atoms with van der Waals surface area (Å²) in [5.41, 5.74) is 3.98. The molecular weight excluding hydrogens is 466 g/mol. The van der Waals surface area contributed by atoms with Gasteiger partial charge in [0.05, 0.1) is 25.9 Å². The fourth-order valence-corrected chi connectivity index (χ4v) is 4.33. The molecule has 37 heavy (non-hydrogen) atoms. The molecule has 0 aliphatic rings. The van der Waals surface area contributed by atoms with Crippen molar-refractivity contribution in [2.45, 2.75) is 19.0 Å². The van der Waals surface area contributed by atoms with Gasteiger partial charge >= 0.3 is 0 Å². The van der Waals surface area contributed by atoms with E-state index in [1.54, 1.807) is 24.1 Å². The lowest BCUT2D eigenvalue weighted by Gasteiger charge is -2.20. The Morgan fingerprint density at radius 1 is 1.05 bits per heavy atom. The third-order valence-electron chi connectivity index (χ3n) is 6.31. The number of aromatic nitrogens is 4. The summed E-state index contributed by atoms with van der Waals surface area (Å²) in [5.74, 6) is 0.518. The van der Waals surface area contributed by atoms with Crippen LogP contribution in [-0.2, 0) is 6.54 Å². The topological polar surface area (TPSA) is 102 Å². The Morgan fingerprint density at radius 3 is 2.70 bits per heavy atom. The number of fused-ring (bicyclic) bond motifs is 1. The van der Waals surface area contributed by atoms with Gasteiger partial charge in [-0.3, -0.25) is 9.78 Å². The summed E-state index contributed by atoms with van der Waals surface area (Å²) in [6, 6.07) is 22.6. The number of rotatable bonds is 9. The molecule has 5 rings (SSSR count). The third kappa shape index (κ3) is 5.49. The van der Waals surface area contributed by atoms with Crippen molar-refractivity contribution in [3.8, 4) is 17.0 Å². The number of amides is 1. The Bertz CT molecular complexity index is 1510. The van der Waals surface area contributed by atoms with E-state index in [2.05, 4.69) is 26.7 Å². The van der Waals surface area contributed by atoms with Crippen LogP contribution in [0, 0.1) is 0 Å². The summed E-state index contributed by atoms with van der Waals surface area (Å²) < 4.78 is 6.96. The Balaban J connectivity index is 1.34. The standard InChI is InChI=1S/C29H27N5O3/c1-37-25-10-8-20(9-11-25)27(13-15-35)31-29(36)26-5-3-2-4-24(26)18-34-19-28(32-33-34)22-6-7-23-17-30-14-12-21(23)16-22/h2-12,14,16-17,19,27,35H,13,15,18H2,1H3,(H,31,36). The molecule has 0 aliphatic carbocycles. The van der Waals surface area contributed by atoms with Gasteiger partial charge in [0.2, 0.25) is 0 Å². The van der Waals surface area contributed by atoms with Gasteiger partial charge < -0.3 is 15.2 Å². The number of aliphatic hydroxyl groups excluding tert-OH is 1. The minimum Gasteiger partial charge on any atom is -0.497 e. The van der Waals surface area contributed by atoms with Crippen LogP contribution in [0.3, 0.4) is 0 Å². The molecule has 1 amide bonds. The van der Waals surface area contributed by atoms with E-state index >= 15 is 0 Å². The van der Waals surface area contributed by atoms with E-state index in [0.29, 0.717) is 18.5 Å². The van der Waals surface area contributed by atoms with Gasteiger partial charge in [0.1, 0.15) is 11.4 Å². The van der Waals surface area contributed by atoms with Crippen LogP contribution >= 0.6 is 0 Å². The van der Waals surface area contributed by atoms with E-state index in [9.17, 15) is 9.90 Å². The number of hydrogen-bond donors (Lipinski definition) is 2. The molecule has 1 unspecified atom stereocenters. The second kappa shape index (κ2) is 11.0. The monoisotopic (exact) mass is 493 g/mol. The highest BCUT2D eigenvalue weighted by Crippen LogP contribution is 2.24. The molecule has 2 aromatic heterocycles. The SMILES string of the molecule is COc1ccc(C(CCO)NC(=O)c2ccccc2Cn2cc(-c3ccc4cnccc4c3)nn2)cc1. The van der Waals surface area contributed by atoms with E-state index < -0.39 is 0 Å². The minimum absolute atomic E-state index is 0.0500. The van der Waals surface area contributed by atoms with Crippen LogP contribution in [0.5, 0.6) is 5.75 Å². The lowest BCUT2D eigenvalue weighted by molar-refractivity contribution is 0.0929. The molecule has 5 aromatic rings. The van der Waals surface area contributed by atoms with Crippen molar-refractivity contribution in [2.24, 2.45) is 0 Å². The molecule has 8 nitrogen and oxygen atoms in total. The summed E-state index contributed by atoms with van der Waals surface area (Å²) in [6.07, 6.45) is 5.87. The summed E-state index contributed by atoms with van der Waals surface area (Å²) in [7, 11) is 1.61. The maximum atomic E-state index is 13.3. The molecule has 0 fully saturated rings. The fraction of sp³-hybridized carbons (Fsp3) is 0.172. The number of methoxy groups -OCH3 is 1. The Labute approximate surface area is 214 Å². The highest BCUT2D eigenvalue weighted by atomic mass is 16.5. The molecule has 0 aliphatic heterocycles. The predicted octanol–water partition coefficient (Wildman–Crippen LogP) is 4.40. The van der Waals surface area contributed by atoms with Crippen molar-refractivity contribution >= 4 is 16.7 Å². The maximum Gasteiger partial charge on any atom is 0.252 e. The van der Waals surface area contributed by atoms with Gasteiger partial charge in [-0.25, -0.2) is 4.68 Å². The lowest BCUT2D eigenvalue weighted by Crippen LogP contribution is -2.30. The lowest BCUT2D eigenvalue weighted by atomic mass is 10.0. The molecule has 2 heterocycles. The molecule has 3 aromatic carbocycles. The van der Waals surface area contributed by atoms with E-state index in [1.165, 1.54) is 0 Å². The number of nitrogens with one attached hydrogen (secondary N) is 1. The molecular formula is C29H27N5O3. The van der Waals surface area contributed by atoms with Crippen LogP contribution in [0.15, 0.2) is 91.4 Å². The number of carbonyl (C=O) groups excluding carboxylic acids is 1. The maximum absolute atomic E-state index is 13.3. The number of nitrogens with zero attached hydrogens (tertiary/aromatic N) is 4. The van der Waals surface area contributed by atoms with Crippen LogP contribution in [0.4, 0.5) is 0 Å². The fourth-order valence-electron chi connectivity index (χ4n) is 4.33. The zero-order valence-corrected chi connectivity index (χ0v) is 20.4. The van der Waals surface area contributed by atoms with Gasteiger partial charge in [-0.1, -0.05) is 47.7 Å². The smallest absolute Gasteiger partial charge is 0.252 e. The summed E-state index contributed by atoms with van der Waals surface area (Å²) >= 11 is 0. The number of hydrogen-bond acceptors (Lipinski definition) is 6. The van der Waals surface area contributed by atoms with Gasteiger partial charge in [0.15, 0.2) is 0 Å². The normalized spacial score (nSPS) is 11.8. The first-order chi connectivity index (χ1) is 18.1. The number of ether oxygens (including phenoxy) is 1. The van der Waals surface area contributed by atoms with Crippen LogP contribution in [0.1, 0.15) is 33.9 Å². The van der Waals surface area contributed by atoms with Crippen molar-refractivity contribution < 1.29 is 14.6 Å². The van der Waals surface area contributed by atoms with Crippen LogP contribution < -0.4 is 10.1 Å². The van der Waals surface area contributed by atoms with Gasteiger partial charge in [-0.05, 0) is 53.3 Å². The predicted molar refractivity (Wildman–Crippen MR) is 141 cm³/mol. The first kappa shape index (κ1) is 24.1. The van der Waals surface area contributed by atoms with Crippen molar-refractivity contribution in [3.63, 3.8) is 0 Å². The summed E-state index contributed by atoms with van der Waals surface area (Å²) in [6.45, 7) is 0.340. The van der Waals surface area contributed by atoms with Gasteiger partial charge in [-0.2, -0.15) is 0 Å². The second-order valence-corrected chi connectivity index (χ2v) is 8.71. The molecule has 0 bridgehead atoms. The molecule has 0 saturated heterocycles. The minimum atomic E-state index is -0.336. The third-order valence-corrected chi connectivity index (χ3v) is 6.31. The van der Waals surface area contributed by atoms with E-state index in [1.807, 2.05) is 73.1 Å². The van der Waals surface area contributed by atoms with Crippen LogP contribution in [-0.4, -0.2) is 44.7 Å². The van der Waals surface area contributed by atoms with Crippen molar-refractivity contribution in [1.82, 2.24) is 25.3 Å². The molecule has 2 N–H and O–H groups in total. The Morgan fingerprint density at radius 2 is 1.89 bits per heavy atom. The van der Waals surface area contributed by atoms with E-state index in [-0.39, 0.29) is 18.6 Å². The first-order valence-electron chi connectivity index (χ1n) is 12.0. The molecule has 8 heteroatoms. The highest BCUT2D eigenvalue weighted by Gasteiger charge is 2.18. The van der Waals surface area contributed by atoms with Crippen molar-refractivity contribution in [3.05, 3.63) is 108 Å². The molecule has 1 atom stereocenters. The zero-order valence-electron chi connectivity index (χ0n) is 20.4. The zero-order chi connectivity index (χ0) is 25.6. The average molecular weight is 494 g/mol. The molecule has 0 radical (unpaired) electrons. The van der Waals surface area contributed by atoms with Crippen molar-refractivity contribution in [1.29, 1.82) is 0 Å². The number of pyridine rings is 1. The number of benzene rings is 3. The van der Waals surface area contributed by atoms with Crippen LogP contribution in [0.25, 0.3) is 22.0 Å². The van der Waals surface area contributed by atoms with Crippen molar-refractivity contribution in [2.75, 3.05) is 13.7 Å².